The highest BCUT2D eigenvalue weighted by molar-refractivity contribution is 6.34. The fourth-order valence-corrected chi connectivity index (χ4v) is 2.45. The summed E-state index contributed by atoms with van der Waals surface area (Å²) in [5.74, 6) is -3.61. The Balaban J connectivity index is 2.19. The number of hydrogen-bond acceptors (Lipinski definition) is 3. The van der Waals surface area contributed by atoms with E-state index in [1.165, 1.54) is 19.1 Å². The molecule has 0 aromatic heterocycles. The van der Waals surface area contributed by atoms with E-state index in [-0.39, 0.29) is 14.8 Å². The lowest BCUT2D eigenvalue weighted by molar-refractivity contribution is 0.206. The van der Waals surface area contributed by atoms with Gasteiger partial charge in [-0.2, -0.15) is 0 Å². The molecule has 0 unspecified atom stereocenters. The van der Waals surface area contributed by atoms with Gasteiger partial charge in [0.1, 0.15) is 0 Å². The summed E-state index contributed by atoms with van der Waals surface area (Å²) in [6, 6.07) is -1.03. The normalized spacial score (nSPS) is 54.1. The van der Waals surface area contributed by atoms with Crippen molar-refractivity contribution in [3.05, 3.63) is 28.8 Å². The van der Waals surface area contributed by atoms with Crippen LogP contribution < -0.4 is 15.5 Å². The number of nitrogens with one attached hydrogen (secondary N) is 2. The number of carbonyl (C=O) groups is 1. The molecule has 0 atom stereocenters. The number of halogens is 1. The van der Waals surface area contributed by atoms with Gasteiger partial charge in [0, 0.05) is 56.9 Å². The van der Waals surface area contributed by atoms with Gasteiger partial charge >= 0.3 is 6.03 Å². The number of benzene rings is 1. The van der Waals surface area contributed by atoms with Crippen LogP contribution in [0.5, 0.6) is 0 Å². The van der Waals surface area contributed by atoms with Crippen LogP contribution >= 0.6 is 11.6 Å². The molecule has 0 spiro atoms. The summed E-state index contributed by atoms with van der Waals surface area (Å²) >= 11 is 6.31. The Morgan fingerprint density at radius 2 is 1.96 bits per heavy atom. The lowest BCUT2D eigenvalue weighted by Gasteiger charge is -2.37. The lowest BCUT2D eigenvalue weighted by Crippen LogP contribution is -2.47. The molecule has 0 radical (unpaired) electrons. The maximum atomic E-state index is 12.1. The highest BCUT2D eigenvalue weighted by Crippen LogP contribution is 2.30. The summed E-state index contributed by atoms with van der Waals surface area (Å²) in [6.07, 6.45) is -16.9. The predicted octanol–water partition coefficient (Wildman–Crippen LogP) is 3.65. The lowest BCUT2D eigenvalue weighted by atomic mass is 9.84. The Morgan fingerprint density at radius 3 is 2.63 bits per heavy atom. The van der Waals surface area contributed by atoms with Gasteiger partial charge in [0.25, 0.3) is 0 Å². The van der Waals surface area contributed by atoms with Gasteiger partial charge in [-0.15, -0.1) is 0 Å². The van der Waals surface area contributed by atoms with E-state index in [2.05, 4.69) is 0 Å². The molecule has 150 valence electrons. The Morgan fingerprint density at radius 1 is 1.26 bits per heavy atom. The summed E-state index contributed by atoms with van der Waals surface area (Å²) in [4.78, 5) is 12.2. The molecule has 2 amide bonds. The number of aryl methyl sites for hydroxylation is 1. The Hall–Kier alpha value is -1.46. The van der Waals surface area contributed by atoms with Crippen molar-refractivity contribution in [2.24, 2.45) is 5.89 Å². The Kier molecular flexibility index (Phi) is 2.65. The fourth-order valence-electron chi connectivity index (χ4n) is 2.24. The monoisotopic (exact) mass is 410 g/mol. The van der Waals surface area contributed by atoms with Crippen LogP contribution in [-0.2, 0) is 0 Å². The quantitative estimate of drug-likeness (QED) is 0.778. The first-order chi connectivity index (χ1) is 19.8. The minimum Gasteiger partial charge on any atom is -0.368 e. The number of rotatable bonds is 5. The van der Waals surface area contributed by atoms with E-state index in [9.17, 15) is 4.79 Å². The highest BCUT2D eigenvalue weighted by atomic mass is 35.5. The molecule has 1 aliphatic carbocycles. The fraction of sp³-hybridized carbons (Fsp3) is 0.667. The SMILES string of the molecule is [2H]C1([2H])N(CCC2([2H])C([2H])([2H])C([2H])([2H])C([2H])(NC(=O)NC)C([2H])([2H])C2([2H])[2H])C([2H])([2H])C([2H])([2H])N(c2cccc(C)c2Cl)C1([2H])[2H]. The zero-order chi connectivity index (χ0) is 35.4. The van der Waals surface area contributed by atoms with E-state index in [0.717, 1.165) is 13.1 Å². The van der Waals surface area contributed by atoms with E-state index in [1.807, 2.05) is 5.32 Å². The van der Waals surface area contributed by atoms with Crippen molar-refractivity contribution in [2.75, 3.05) is 44.5 Å². The summed E-state index contributed by atoms with van der Waals surface area (Å²) in [7, 11) is 1.02. The van der Waals surface area contributed by atoms with Crippen LogP contribution in [0.1, 0.15) is 62.1 Å². The van der Waals surface area contributed by atoms with Crippen LogP contribution in [0.15, 0.2) is 18.2 Å². The standard InChI is InChI=1S/C21H33ClN4O/c1-16-4-3-5-19(20(16)22)26-14-12-25(13-15-26)11-10-17-6-8-18(9-7-17)24-21(27)23-2/h3-5,17-18H,6-15H2,1-2H3,(H2,23,24,27)/i6D2,7D2,8D2,9D2,12D2,13D2,14D2,15D2,17D,18D. The number of nitrogens with zero attached hydrogens (tertiary/aromatic N) is 2. The maximum Gasteiger partial charge on any atom is 0.314 e. The van der Waals surface area contributed by atoms with E-state index >= 15 is 0 Å². The van der Waals surface area contributed by atoms with Crippen LogP contribution in [0.25, 0.3) is 0 Å². The van der Waals surface area contributed by atoms with Crippen molar-refractivity contribution in [3.8, 4) is 0 Å². The number of amides is 2. The summed E-state index contributed by atoms with van der Waals surface area (Å²) in [6.45, 7) is -13.8. The third kappa shape index (κ3) is 5.52. The van der Waals surface area contributed by atoms with Gasteiger partial charge in [0.15, 0.2) is 0 Å². The highest BCUT2D eigenvalue weighted by Gasteiger charge is 2.24. The average molecular weight is 411 g/mol. The first-order valence-corrected chi connectivity index (χ1v) is 8.55. The van der Waals surface area contributed by atoms with E-state index < -0.39 is 88.1 Å². The number of piperazine rings is 1. The molecule has 1 aliphatic heterocycles. The molecule has 1 aromatic carbocycles. The van der Waals surface area contributed by atoms with Gasteiger partial charge in [0.2, 0.25) is 0 Å². The van der Waals surface area contributed by atoms with Crippen molar-refractivity contribution >= 4 is 23.3 Å². The summed E-state index contributed by atoms with van der Waals surface area (Å²) in [5.41, 5.74) is -0.0603. The van der Waals surface area contributed by atoms with Gasteiger partial charge < -0.3 is 15.5 Å². The van der Waals surface area contributed by atoms with Crippen molar-refractivity contribution < 1.29 is 29.5 Å². The third-order valence-corrected chi connectivity index (χ3v) is 4.23. The largest absolute Gasteiger partial charge is 0.368 e. The molecule has 5 nitrogen and oxygen atoms in total. The van der Waals surface area contributed by atoms with Crippen LogP contribution in [0.4, 0.5) is 10.5 Å². The maximum absolute atomic E-state index is 12.1. The van der Waals surface area contributed by atoms with Crippen LogP contribution in [0, 0.1) is 12.8 Å². The Labute approximate surface area is 193 Å². The molecule has 1 aromatic rings. The molecule has 6 heteroatoms. The molecule has 0 bridgehead atoms. The molecular formula is C21H33ClN4O. The van der Waals surface area contributed by atoms with Gasteiger partial charge in [-0.1, -0.05) is 23.7 Å². The van der Waals surface area contributed by atoms with E-state index in [0.29, 0.717) is 5.56 Å². The first kappa shape index (κ1) is 7.42. The number of hydrogen-bond donors (Lipinski definition) is 2. The Bertz CT molecular complexity index is 1300. The minimum atomic E-state index is -3.87. The van der Waals surface area contributed by atoms with Gasteiger partial charge in [-0.05, 0) is 62.9 Å². The first-order valence-electron chi connectivity index (χ1n) is 17.2. The van der Waals surface area contributed by atoms with E-state index in [1.54, 1.807) is 5.32 Å². The second-order valence-corrected chi connectivity index (χ2v) is 6.03. The van der Waals surface area contributed by atoms with Crippen molar-refractivity contribution in [3.63, 3.8) is 0 Å². The summed E-state index contributed by atoms with van der Waals surface area (Å²) < 4.78 is 155. The molecule has 1 saturated carbocycles. The van der Waals surface area contributed by atoms with Gasteiger partial charge in [-0.3, -0.25) is 4.90 Å². The second-order valence-electron chi connectivity index (χ2n) is 5.65. The average Bonchev–Trinajstić information content (AvgIpc) is 2.88. The molecule has 3 rings (SSSR count). The van der Waals surface area contributed by atoms with Gasteiger partial charge in [0.05, 0.1) is 17.6 Å². The molecule has 1 saturated heterocycles. The predicted molar refractivity (Wildman–Crippen MR) is 113 cm³/mol. The minimum absolute atomic E-state index is 0.0148. The zero-order valence-corrected chi connectivity index (χ0v) is 15.6. The molecule has 2 fully saturated rings. The zero-order valence-electron chi connectivity index (χ0n) is 32.8. The number of anilines is 1. The smallest absolute Gasteiger partial charge is 0.314 e. The summed E-state index contributed by atoms with van der Waals surface area (Å²) in [5, 5.41) is 3.36. The molecule has 1 heterocycles. The topological polar surface area (TPSA) is 47.6 Å². The van der Waals surface area contributed by atoms with E-state index in [4.69, 9.17) is 36.3 Å². The third-order valence-electron chi connectivity index (χ3n) is 3.73. The van der Waals surface area contributed by atoms with Crippen LogP contribution in [-0.4, -0.2) is 56.5 Å². The van der Waals surface area contributed by atoms with Crippen LogP contribution in [0.3, 0.4) is 0 Å². The number of carbonyl (C=O) groups excluding carboxylic acids is 1. The second kappa shape index (κ2) is 9.65. The van der Waals surface area contributed by atoms with Crippen LogP contribution in [0.2, 0.25) is 5.02 Å². The molecule has 2 N–H and O–H groups in total. The molecule has 27 heavy (non-hydrogen) atoms. The van der Waals surface area contributed by atoms with Crippen molar-refractivity contribution in [1.82, 2.24) is 15.5 Å². The number of urea groups is 1. The van der Waals surface area contributed by atoms with Crippen molar-refractivity contribution in [1.29, 1.82) is 0 Å². The van der Waals surface area contributed by atoms with Crippen molar-refractivity contribution in [2.45, 2.75) is 44.9 Å². The van der Waals surface area contributed by atoms with Gasteiger partial charge in [-0.25, -0.2) is 4.79 Å². The molecule has 2 aliphatic rings. The molecular weight excluding hydrogens is 360 g/mol.